The molecule has 1 aromatic rings. The van der Waals surface area contributed by atoms with Crippen LogP contribution in [-0.2, 0) is 0 Å². The number of hydrogen-bond acceptors (Lipinski definition) is 3. The summed E-state index contributed by atoms with van der Waals surface area (Å²) in [5, 5.41) is 14.1. The van der Waals surface area contributed by atoms with E-state index < -0.39 is 4.92 Å². The van der Waals surface area contributed by atoms with Crippen molar-refractivity contribution in [1.29, 1.82) is 0 Å². The molecule has 0 aliphatic carbocycles. The summed E-state index contributed by atoms with van der Waals surface area (Å²) in [7, 11) is 0. The summed E-state index contributed by atoms with van der Waals surface area (Å²) >= 11 is 5.93. The molecule has 4 nitrogen and oxygen atoms in total. The van der Waals surface area contributed by atoms with Gasteiger partial charge in [-0.2, -0.15) is 0 Å². The van der Waals surface area contributed by atoms with Gasteiger partial charge in [0, 0.05) is 18.7 Å². The molecule has 1 aromatic carbocycles. The lowest BCUT2D eigenvalue weighted by Gasteiger charge is -2.12. The van der Waals surface area contributed by atoms with Gasteiger partial charge in [-0.25, -0.2) is 0 Å². The van der Waals surface area contributed by atoms with Crippen molar-refractivity contribution in [2.45, 2.75) is 20.3 Å². The Balaban J connectivity index is 2.72. The minimum Gasteiger partial charge on any atom is -0.384 e. The van der Waals surface area contributed by atoms with Crippen molar-refractivity contribution in [3.63, 3.8) is 0 Å². The maximum atomic E-state index is 10.5. The van der Waals surface area contributed by atoms with Crippen LogP contribution < -0.4 is 5.32 Å². The second-order valence-corrected chi connectivity index (χ2v) is 4.22. The minimum atomic E-state index is -0.454. The second-order valence-electron chi connectivity index (χ2n) is 3.82. The van der Waals surface area contributed by atoms with E-state index in [1.165, 1.54) is 12.1 Å². The first-order valence-electron chi connectivity index (χ1n) is 5.22. The van der Waals surface area contributed by atoms with E-state index in [2.05, 4.69) is 19.2 Å². The second kappa shape index (κ2) is 5.70. The zero-order valence-electron chi connectivity index (χ0n) is 9.37. The van der Waals surface area contributed by atoms with E-state index in [0.717, 1.165) is 18.7 Å². The molecule has 0 heterocycles. The molecule has 88 valence electrons. The Morgan fingerprint density at radius 3 is 2.75 bits per heavy atom. The number of nitrogens with one attached hydrogen (secondary N) is 1. The summed E-state index contributed by atoms with van der Waals surface area (Å²) < 4.78 is 0. The average Bonchev–Trinajstić information content (AvgIpc) is 2.26. The molecule has 0 bridgehead atoms. The third-order valence-electron chi connectivity index (χ3n) is 2.50. The summed E-state index contributed by atoms with van der Waals surface area (Å²) in [4.78, 5) is 10.0. The molecule has 0 spiro atoms. The normalized spacial score (nSPS) is 12.2. The van der Waals surface area contributed by atoms with Crippen molar-refractivity contribution in [3.05, 3.63) is 33.3 Å². The largest absolute Gasteiger partial charge is 0.384 e. The maximum Gasteiger partial charge on any atom is 0.271 e. The molecule has 1 rings (SSSR count). The van der Waals surface area contributed by atoms with E-state index in [-0.39, 0.29) is 5.69 Å². The first kappa shape index (κ1) is 12.8. The molecule has 0 saturated carbocycles. The lowest BCUT2D eigenvalue weighted by Crippen LogP contribution is -2.10. The van der Waals surface area contributed by atoms with Gasteiger partial charge in [-0.3, -0.25) is 10.1 Å². The van der Waals surface area contributed by atoms with E-state index in [4.69, 9.17) is 11.6 Å². The van der Waals surface area contributed by atoms with E-state index in [1.807, 2.05) is 0 Å². The van der Waals surface area contributed by atoms with Crippen LogP contribution in [0.3, 0.4) is 0 Å². The van der Waals surface area contributed by atoms with E-state index >= 15 is 0 Å². The van der Waals surface area contributed by atoms with Gasteiger partial charge in [0.2, 0.25) is 0 Å². The molecule has 0 saturated heterocycles. The summed E-state index contributed by atoms with van der Waals surface area (Å²) in [6.45, 7) is 5.06. The number of benzene rings is 1. The van der Waals surface area contributed by atoms with Crippen LogP contribution in [0.25, 0.3) is 0 Å². The standard InChI is InChI=1S/C11H15ClN2O2/c1-3-8(2)7-13-11-5-4-9(14(15)16)6-10(11)12/h4-6,8,13H,3,7H2,1-2H3. The van der Waals surface area contributed by atoms with Crippen molar-refractivity contribution in [2.24, 2.45) is 5.92 Å². The molecule has 0 aromatic heterocycles. The van der Waals surface area contributed by atoms with Crippen molar-refractivity contribution in [1.82, 2.24) is 0 Å². The van der Waals surface area contributed by atoms with Gasteiger partial charge in [-0.1, -0.05) is 31.9 Å². The van der Waals surface area contributed by atoms with Crippen LogP contribution >= 0.6 is 11.6 Å². The SMILES string of the molecule is CCC(C)CNc1ccc([N+](=O)[O-])cc1Cl. The Morgan fingerprint density at radius 1 is 1.56 bits per heavy atom. The molecular weight excluding hydrogens is 228 g/mol. The Hall–Kier alpha value is -1.29. The highest BCUT2D eigenvalue weighted by Crippen LogP contribution is 2.26. The molecule has 16 heavy (non-hydrogen) atoms. The van der Waals surface area contributed by atoms with Gasteiger partial charge < -0.3 is 5.32 Å². The van der Waals surface area contributed by atoms with Gasteiger partial charge in [0.1, 0.15) is 0 Å². The maximum absolute atomic E-state index is 10.5. The molecule has 1 N–H and O–H groups in total. The molecule has 5 heteroatoms. The van der Waals surface area contributed by atoms with E-state index in [1.54, 1.807) is 6.07 Å². The zero-order chi connectivity index (χ0) is 12.1. The highest BCUT2D eigenvalue weighted by atomic mass is 35.5. The van der Waals surface area contributed by atoms with Crippen molar-refractivity contribution < 1.29 is 4.92 Å². The number of hydrogen-bond donors (Lipinski definition) is 1. The Kier molecular flexibility index (Phi) is 4.55. The highest BCUT2D eigenvalue weighted by Gasteiger charge is 2.09. The fourth-order valence-corrected chi connectivity index (χ4v) is 1.43. The Labute approximate surface area is 99.8 Å². The number of halogens is 1. The van der Waals surface area contributed by atoms with Crippen molar-refractivity contribution in [3.8, 4) is 0 Å². The number of non-ortho nitro benzene ring substituents is 1. The predicted molar refractivity (Wildman–Crippen MR) is 66.1 cm³/mol. The average molecular weight is 243 g/mol. The van der Waals surface area contributed by atoms with Crippen molar-refractivity contribution >= 4 is 23.0 Å². The van der Waals surface area contributed by atoms with Crippen molar-refractivity contribution in [2.75, 3.05) is 11.9 Å². The topological polar surface area (TPSA) is 55.2 Å². The number of nitrogens with zero attached hydrogens (tertiary/aromatic N) is 1. The fraction of sp³-hybridized carbons (Fsp3) is 0.455. The quantitative estimate of drug-likeness (QED) is 0.633. The molecule has 1 unspecified atom stereocenters. The number of anilines is 1. The van der Waals surface area contributed by atoms with Crippen LogP contribution in [0.1, 0.15) is 20.3 Å². The van der Waals surface area contributed by atoms with E-state index in [9.17, 15) is 10.1 Å². The molecule has 1 atom stereocenters. The summed E-state index contributed by atoms with van der Waals surface area (Å²) in [5.41, 5.74) is 0.756. The van der Waals surface area contributed by atoms with Crippen LogP contribution in [0, 0.1) is 16.0 Å². The third-order valence-corrected chi connectivity index (χ3v) is 2.81. The highest BCUT2D eigenvalue weighted by molar-refractivity contribution is 6.33. The van der Waals surface area contributed by atoms with Gasteiger partial charge in [-0.15, -0.1) is 0 Å². The van der Waals surface area contributed by atoms with Crippen LogP contribution in [0.5, 0.6) is 0 Å². The number of rotatable bonds is 5. The molecule has 0 aliphatic heterocycles. The van der Waals surface area contributed by atoms with Gasteiger partial charge in [0.05, 0.1) is 15.6 Å². The van der Waals surface area contributed by atoms with E-state index in [0.29, 0.717) is 10.9 Å². The zero-order valence-corrected chi connectivity index (χ0v) is 10.1. The Bertz CT molecular complexity index is 382. The van der Waals surface area contributed by atoms with Gasteiger partial charge in [0.15, 0.2) is 0 Å². The minimum absolute atomic E-state index is 0.0130. The first-order valence-corrected chi connectivity index (χ1v) is 5.60. The fourth-order valence-electron chi connectivity index (χ4n) is 1.19. The predicted octanol–water partition coefficient (Wildman–Crippen LogP) is 3.71. The monoisotopic (exact) mass is 242 g/mol. The smallest absolute Gasteiger partial charge is 0.271 e. The first-order chi connectivity index (χ1) is 7.54. The summed E-state index contributed by atoms with van der Waals surface area (Å²) in [6, 6.07) is 4.45. The van der Waals surface area contributed by atoms with Gasteiger partial charge in [-0.05, 0) is 12.0 Å². The Morgan fingerprint density at radius 2 is 2.25 bits per heavy atom. The van der Waals surface area contributed by atoms with Crippen LogP contribution in [-0.4, -0.2) is 11.5 Å². The third kappa shape index (κ3) is 3.38. The summed E-state index contributed by atoms with van der Waals surface area (Å²) in [6.07, 6.45) is 1.08. The lowest BCUT2D eigenvalue weighted by atomic mass is 10.1. The number of nitro groups is 1. The number of nitro benzene ring substituents is 1. The summed E-state index contributed by atoms with van der Waals surface area (Å²) in [5.74, 6) is 0.547. The molecule has 0 aliphatic rings. The molecule has 0 radical (unpaired) electrons. The molecule has 0 amide bonds. The molecule has 0 fully saturated rings. The van der Waals surface area contributed by atoms with Gasteiger partial charge >= 0.3 is 0 Å². The van der Waals surface area contributed by atoms with Gasteiger partial charge in [0.25, 0.3) is 5.69 Å². The van der Waals surface area contributed by atoms with Crippen LogP contribution in [0.15, 0.2) is 18.2 Å². The molecular formula is C11H15ClN2O2. The van der Waals surface area contributed by atoms with Crippen LogP contribution in [0.4, 0.5) is 11.4 Å². The lowest BCUT2D eigenvalue weighted by molar-refractivity contribution is -0.384. The van der Waals surface area contributed by atoms with Crippen LogP contribution in [0.2, 0.25) is 5.02 Å².